The molecule has 1 aliphatic rings. The molecule has 1 fully saturated rings. The first-order valence-corrected chi connectivity index (χ1v) is 15.5. The molecule has 1 radical (unpaired) electrons. The quantitative estimate of drug-likeness (QED) is 0.0371. The second kappa shape index (κ2) is 28.1. The average Bonchev–Trinajstić information content (AvgIpc) is 2.99. The molecule has 1 saturated heterocycles. The standard InChI is InChI=1S/C28H55N7O10.Cu/c1-3-32(8-9-33(24-28(40)41)7-6-31(2)23-27(38)39)22-25(36)30-5-15-43-17-19-45-21-20-44-18-16-42-14-4-26(37)34-10-12-35(29)13-11-34;/h3-24,29H2,1-2H3,(H,30,36)(H,38,39)(H,40,41);. The number of nitrogens with one attached hydrogen (secondary N) is 1. The second-order valence-electron chi connectivity index (χ2n) is 10.6. The molecule has 0 aromatic heterocycles. The maximum absolute atomic E-state index is 12.3. The number of likely N-dealkylation sites (N-methyl/N-ethyl adjacent to an activating group) is 2. The third kappa shape index (κ3) is 24.2. The molecule has 1 aliphatic heterocycles. The van der Waals surface area contributed by atoms with Crippen LogP contribution in [0.25, 0.3) is 0 Å². The van der Waals surface area contributed by atoms with Crippen LogP contribution in [-0.2, 0) is 55.2 Å². The monoisotopic (exact) mass is 712 g/mol. The number of carbonyl (C=O) groups is 4. The van der Waals surface area contributed by atoms with Gasteiger partial charge in [0.2, 0.25) is 11.8 Å². The van der Waals surface area contributed by atoms with Crippen LogP contribution < -0.4 is 11.2 Å². The van der Waals surface area contributed by atoms with Gasteiger partial charge in [-0.15, -0.1) is 0 Å². The van der Waals surface area contributed by atoms with Crippen LogP contribution >= 0.6 is 0 Å². The number of hydrogen-bond donors (Lipinski definition) is 4. The van der Waals surface area contributed by atoms with Gasteiger partial charge in [-0.2, -0.15) is 0 Å². The summed E-state index contributed by atoms with van der Waals surface area (Å²) in [5.41, 5.74) is 0. The number of nitrogens with two attached hydrogens (primary N) is 1. The van der Waals surface area contributed by atoms with E-state index in [9.17, 15) is 24.3 Å². The molecule has 0 spiro atoms. The van der Waals surface area contributed by atoms with E-state index in [-0.39, 0.29) is 48.5 Å². The number of hydrogen-bond acceptors (Lipinski definition) is 13. The summed E-state index contributed by atoms with van der Waals surface area (Å²) >= 11 is 0. The first kappa shape index (κ1) is 44.0. The average molecular weight is 713 g/mol. The van der Waals surface area contributed by atoms with Gasteiger partial charge >= 0.3 is 11.9 Å². The predicted octanol–water partition coefficient (Wildman–Crippen LogP) is -2.70. The van der Waals surface area contributed by atoms with E-state index in [0.717, 1.165) is 0 Å². The van der Waals surface area contributed by atoms with Crippen molar-refractivity contribution in [1.29, 1.82) is 0 Å². The molecule has 17 nitrogen and oxygen atoms in total. The number of aliphatic carboxylic acids is 2. The Bertz CT molecular complexity index is 840. The van der Waals surface area contributed by atoms with Crippen LogP contribution in [0.2, 0.25) is 0 Å². The molecule has 273 valence electrons. The van der Waals surface area contributed by atoms with Gasteiger partial charge in [0.05, 0.1) is 78.9 Å². The van der Waals surface area contributed by atoms with Gasteiger partial charge in [-0.25, -0.2) is 5.01 Å². The molecular weight excluding hydrogens is 658 g/mol. The summed E-state index contributed by atoms with van der Waals surface area (Å²) in [6.45, 7) is 10.4. The van der Waals surface area contributed by atoms with Crippen molar-refractivity contribution in [3.05, 3.63) is 0 Å². The Kier molecular flexibility index (Phi) is 26.9. The summed E-state index contributed by atoms with van der Waals surface area (Å²) in [6.07, 6.45) is 0.349. The summed E-state index contributed by atoms with van der Waals surface area (Å²) in [5, 5.41) is 22.6. The molecule has 1 rings (SSSR count). The van der Waals surface area contributed by atoms with Crippen molar-refractivity contribution in [3.63, 3.8) is 0 Å². The number of amides is 2. The van der Waals surface area contributed by atoms with Crippen molar-refractivity contribution in [3.8, 4) is 0 Å². The summed E-state index contributed by atoms with van der Waals surface area (Å²) in [6, 6.07) is 0. The van der Waals surface area contributed by atoms with Crippen LogP contribution in [0.15, 0.2) is 0 Å². The predicted molar refractivity (Wildman–Crippen MR) is 165 cm³/mol. The van der Waals surface area contributed by atoms with Crippen molar-refractivity contribution in [2.24, 2.45) is 5.84 Å². The fraction of sp³-hybridized carbons (Fsp3) is 0.857. The van der Waals surface area contributed by atoms with Crippen LogP contribution in [0.1, 0.15) is 13.3 Å². The summed E-state index contributed by atoms with van der Waals surface area (Å²) in [5.74, 6) is 3.73. The van der Waals surface area contributed by atoms with E-state index < -0.39 is 11.9 Å². The van der Waals surface area contributed by atoms with E-state index in [1.165, 1.54) is 0 Å². The van der Waals surface area contributed by atoms with Gasteiger partial charge in [-0.05, 0) is 13.6 Å². The van der Waals surface area contributed by atoms with Gasteiger partial charge in [0.15, 0.2) is 0 Å². The third-order valence-corrected chi connectivity index (χ3v) is 6.92. The number of ether oxygens (including phenoxy) is 4. The Hall–Kier alpha value is -1.96. The van der Waals surface area contributed by atoms with Gasteiger partial charge in [0, 0.05) is 76.0 Å². The summed E-state index contributed by atoms with van der Waals surface area (Å²) in [4.78, 5) is 53.6. The van der Waals surface area contributed by atoms with Crippen LogP contribution in [0, 0.1) is 0 Å². The molecule has 5 N–H and O–H groups in total. The first-order valence-electron chi connectivity index (χ1n) is 15.5. The van der Waals surface area contributed by atoms with E-state index in [1.54, 1.807) is 21.9 Å². The minimum Gasteiger partial charge on any atom is -0.480 e. The maximum Gasteiger partial charge on any atom is 0.317 e. The van der Waals surface area contributed by atoms with Crippen LogP contribution in [-0.4, -0.2) is 204 Å². The van der Waals surface area contributed by atoms with Gasteiger partial charge < -0.3 is 39.4 Å². The number of carboxylic acid groups (broad SMARTS) is 2. The van der Waals surface area contributed by atoms with E-state index in [4.69, 9.17) is 29.9 Å². The van der Waals surface area contributed by atoms with E-state index in [0.29, 0.717) is 125 Å². The normalized spacial score (nSPS) is 13.7. The fourth-order valence-electron chi connectivity index (χ4n) is 4.29. The zero-order valence-corrected chi connectivity index (χ0v) is 28.3. The zero-order chi connectivity index (χ0) is 33.3. The van der Waals surface area contributed by atoms with Crippen molar-refractivity contribution in [2.75, 3.05) is 145 Å². The second-order valence-corrected chi connectivity index (χ2v) is 10.6. The van der Waals surface area contributed by atoms with Crippen molar-refractivity contribution in [1.82, 2.24) is 29.9 Å². The Morgan fingerprint density at radius 1 is 0.717 bits per heavy atom. The van der Waals surface area contributed by atoms with Crippen molar-refractivity contribution in [2.45, 2.75) is 13.3 Å². The molecule has 0 aromatic rings. The molecule has 0 unspecified atom stereocenters. The molecule has 0 bridgehead atoms. The Labute approximate surface area is 283 Å². The minimum absolute atomic E-state index is 0. The van der Waals surface area contributed by atoms with Crippen LogP contribution in [0.4, 0.5) is 0 Å². The number of hydrazine groups is 1. The van der Waals surface area contributed by atoms with Gasteiger partial charge in [-0.3, -0.25) is 39.7 Å². The van der Waals surface area contributed by atoms with E-state index in [2.05, 4.69) is 5.32 Å². The minimum atomic E-state index is -0.961. The molecule has 0 saturated carbocycles. The Balaban J connectivity index is 0.0000202. The molecule has 18 heteroatoms. The van der Waals surface area contributed by atoms with Crippen molar-refractivity contribution < 1.29 is 65.4 Å². The summed E-state index contributed by atoms with van der Waals surface area (Å²) < 4.78 is 21.9. The van der Waals surface area contributed by atoms with E-state index >= 15 is 0 Å². The number of nitrogens with zero attached hydrogens (tertiary/aromatic N) is 5. The Morgan fingerprint density at radius 2 is 1.22 bits per heavy atom. The number of piperazine rings is 1. The molecule has 0 atom stereocenters. The summed E-state index contributed by atoms with van der Waals surface area (Å²) in [7, 11) is 1.67. The zero-order valence-electron chi connectivity index (χ0n) is 27.3. The fourth-order valence-corrected chi connectivity index (χ4v) is 4.29. The smallest absolute Gasteiger partial charge is 0.317 e. The van der Waals surface area contributed by atoms with Crippen LogP contribution in [0.5, 0.6) is 0 Å². The SMILES string of the molecule is CCN(CCN(CCN(C)CC(=O)O)CC(=O)O)CC(=O)NCCOCCOCCOCCOCCC(=O)N1CCN(N)CC1.[Cu]. The van der Waals surface area contributed by atoms with Gasteiger partial charge in [-0.1, -0.05) is 6.92 Å². The van der Waals surface area contributed by atoms with E-state index in [1.807, 2.05) is 16.7 Å². The maximum atomic E-state index is 12.3. The molecule has 46 heavy (non-hydrogen) atoms. The third-order valence-electron chi connectivity index (χ3n) is 6.92. The largest absolute Gasteiger partial charge is 0.480 e. The topological polar surface area (TPSA) is 200 Å². The molecule has 1 heterocycles. The van der Waals surface area contributed by atoms with Crippen molar-refractivity contribution >= 4 is 23.8 Å². The molecule has 2 amide bonds. The molecular formula is C28H55CuN7O10. The number of carboxylic acids is 2. The van der Waals surface area contributed by atoms with Gasteiger partial charge in [0.25, 0.3) is 0 Å². The molecule has 0 aromatic carbocycles. The first-order chi connectivity index (χ1) is 21.6. The number of carbonyl (C=O) groups excluding carboxylic acids is 2. The molecule has 0 aliphatic carbocycles. The number of rotatable bonds is 28. The Morgan fingerprint density at radius 3 is 1.76 bits per heavy atom. The van der Waals surface area contributed by atoms with Gasteiger partial charge in [0.1, 0.15) is 0 Å². The van der Waals surface area contributed by atoms with Crippen LogP contribution in [0.3, 0.4) is 0 Å².